The van der Waals surface area contributed by atoms with E-state index in [1.165, 1.54) is 37.1 Å². The number of anilines is 1. The highest BCUT2D eigenvalue weighted by Gasteiger charge is 2.11. The summed E-state index contributed by atoms with van der Waals surface area (Å²) in [5, 5.41) is 2.93. The van der Waals surface area contributed by atoms with Gasteiger partial charge in [-0.25, -0.2) is 0 Å². The fourth-order valence-corrected chi connectivity index (χ4v) is 3.29. The third kappa shape index (κ3) is 5.18. The van der Waals surface area contributed by atoms with Crippen LogP contribution in [0.4, 0.5) is 5.69 Å². The molecule has 0 bridgehead atoms. The highest BCUT2D eigenvalue weighted by Crippen LogP contribution is 2.16. The van der Waals surface area contributed by atoms with Gasteiger partial charge in [-0.1, -0.05) is 40.2 Å². The molecule has 1 aliphatic heterocycles. The summed E-state index contributed by atoms with van der Waals surface area (Å²) in [5.41, 5.74) is 3.41. The number of rotatable bonds is 6. The van der Waals surface area contributed by atoms with Crippen LogP contribution in [-0.4, -0.2) is 23.9 Å². The van der Waals surface area contributed by atoms with E-state index in [9.17, 15) is 4.79 Å². The maximum Gasteiger partial charge on any atom is 0.224 e. The maximum absolute atomic E-state index is 12.0. The van der Waals surface area contributed by atoms with Crippen LogP contribution in [0.1, 0.15) is 30.4 Å². The van der Waals surface area contributed by atoms with Crippen molar-refractivity contribution in [3.05, 3.63) is 64.1 Å². The van der Waals surface area contributed by atoms with Crippen LogP contribution in [0, 0.1) is 0 Å². The first-order chi connectivity index (χ1) is 11.7. The second-order valence-electron chi connectivity index (χ2n) is 6.35. The molecular weight excluding hydrogens is 364 g/mol. The van der Waals surface area contributed by atoms with Crippen molar-refractivity contribution in [2.45, 2.75) is 32.2 Å². The molecule has 0 spiro atoms. The summed E-state index contributed by atoms with van der Waals surface area (Å²) < 4.78 is 1.01. The topological polar surface area (TPSA) is 32.3 Å². The molecule has 1 heterocycles. The normalized spacial score (nSPS) is 14.7. The lowest BCUT2D eigenvalue weighted by Crippen LogP contribution is -2.18. The van der Waals surface area contributed by atoms with Crippen molar-refractivity contribution >= 4 is 27.5 Å². The average Bonchev–Trinajstić information content (AvgIpc) is 3.09. The highest BCUT2D eigenvalue weighted by molar-refractivity contribution is 9.10. The van der Waals surface area contributed by atoms with Crippen molar-refractivity contribution in [1.82, 2.24) is 4.90 Å². The van der Waals surface area contributed by atoms with Gasteiger partial charge in [-0.05, 0) is 67.7 Å². The molecular formula is C20H23BrN2O. The number of aryl methyl sites for hydroxylation is 1. The van der Waals surface area contributed by atoms with Gasteiger partial charge in [0.25, 0.3) is 0 Å². The Morgan fingerprint density at radius 2 is 1.58 bits per heavy atom. The van der Waals surface area contributed by atoms with Crippen molar-refractivity contribution in [2.24, 2.45) is 0 Å². The second-order valence-corrected chi connectivity index (χ2v) is 7.27. The van der Waals surface area contributed by atoms with E-state index in [-0.39, 0.29) is 5.91 Å². The third-order valence-electron chi connectivity index (χ3n) is 4.40. The quantitative estimate of drug-likeness (QED) is 0.785. The van der Waals surface area contributed by atoms with Crippen molar-refractivity contribution in [1.29, 1.82) is 0 Å². The number of nitrogens with zero attached hydrogens (tertiary/aromatic N) is 1. The predicted molar refractivity (Wildman–Crippen MR) is 102 cm³/mol. The Kier molecular flexibility index (Phi) is 6.05. The first kappa shape index (κ1) is 17.2. The zero-order valence-corrected chi connectivity index (χ0v) is 15.4. The minimum atomic E-state index is 0.0541. The lowest BCUT2D eigenvalue weighted by molar-refractivity contribution is -0.116. The van der Waals surface area contributed by atoms with Gasteiger partial charge in [0.2, 0.25) is 5.91 Å². The van der Waals surface area contributed by atoms with E-state index in [1.807, 2.05) is 24.3 Å². The van der Waals surface area contributed by atoms with Gasteiger partial charge in [-0.3, -0.25) is 9.69 Å². The fourth-order valence-electron chi connectivity index (χ4n) is 3.02. The number of likely N-dealkylation sites (tertiary alicyclic amines) is 1. The second kappa shape index (κ2) is 8.45. The highest BCUT2D eigenvalue weighted by atomic mass is 79.9. The summed E-state index contributed by atoms with van der Waals surface area (Å²) in [6.45, 7) is 3.49. The molecule has 1 N–H and O–H groups in total. The van der Waals surface area contributed by atoms with E-state index in [4.69, 9.17) is 0 Å². The molecule has 0 aromatic heterocycles. The Balaban J connectivity index is 1.45. The zero-order chi connectivity index (χ0) is 16.8. The molecule has 1 aliphatic rings. The molecule has 1 saturated heterocycles. The molecule has 126 valence electrons. The summed E-state index contributed by atoms with van der Waals surface area (Å²) in [6.07, 6.45) is 3.92. The number of hydrogen-bond acceptors (Lipinski definition) is 2. The smallest absolute Gasteiger partial charge is 0.224 e. The summed E-state index contributed by atoms with van der Waals surface area (Å²) in [6, 6.07) is 16.3. The van der Waals surface area contributed by atoms with Gasteiger partial charge < -0.3 is 5.32 Å². The number of benzene rings is 2. The molecule has 4 heteroatoms. The number of amides is 1. The van der Waals surface area contributed by atoms with E-state index in [2.05, 4.69) is 50.4 Å². The molecule has 0 atom stereocenters. The molecule has 3 rings (SSSR count). The van der Waals surface area contributed by atoms with Gasteiger partial charge in [-0.2, -0.15) is 0 Å². The van der Waals surface area contributed by atoms with Gasteiger partial charge in [0.05, 0.1) is 0 Å². The fraction of sp³-hybridized carbons (Fsp3) is 0.350. The monoisotopic (exact) mass is 386 g/mol. The van der Waals surface area contributed by atoms with Crippen LogP contribution in [0.5, 0.6) is 0 Å². The third-order valence-corrected chi connectivity index (χ3v) is 4.93. The number of carbonyl (C=O) groups excluding carboxylic acids is 1. The van der Waals surface area contributed by atoms with Crippen LogP contribution in [0.15, 0.2) is 53.0 Å². The molecule has 0 unspecified atom stereocenters. The molecule has 2 aromatic rings. The Hall–Kier alpha value is -1.65. The molecule has 3 nitrogen and oxygen atoms in total. The molecule has 1 fully saturated rings. The van der Waals surface area contributed by atoms with Crippen LogP contribution in [0.3, 0.4) is 0 Å². The Labute approximate surface area is 152 Å². The minimum absolute atomic E-state index is 0.0541. The van der Waals surface area contributed by atoms with E-state index in [0.29, 0.717) is 6.42 Å². The van der Waals surface area contributed by atoms with Gasteiger partial charge >= 0.3 is 0 Å². The molecule has 0 saturated carbocycles. The van der Waals surface area contributed by atoms with E-state index >= 15 is 0 Å². The van der Waals surface area contributed by atoms with E-state index in [1.54, 1.807) is 0 Å². The maximum atomic E-state index is 12.0. The summed E-state index contributed by atoms with van der Waals surface area (Å²) in [5.74, 6) is 0.0541. The number of nitrogens with one attached hydrogen (secondary N) is 1. The Morgan fingerprint density at radius 1 is 0.958 bits per heavy atom. The first-order valence-electron chi connectivity index (χ1n) is 8.55. The lowest BCUT2D eigenvalue weighted by Gasteiger charge is -2.14. The first-order valence-corrected chi connectivity index (χ1v) is 9.34. The average molecular weight is 387 g/mol. The van der Waals surface area contributed by atoms with Crippen LogP contribution in [0.2, 0.25) is 0 Å². The predicted octanol–water partition coefficient (Wildman–Crippen LogP) is 4.62. The van der Waals surface area contributed by atoms with Gasteiger partial charge in [-0.15, -0.1) is 0 Å². The van der Waals surface area contributed by atoms with Gasteiger partial charge in [0.1, 0.15) is 0 Å². The molecule has 0 radical (unpaired) electrons. The standard InChI is InChI=1S/C20H23BrN2O/c21-18-8-10-19(11-9-18)22-20(24)12-7-16-3-5-17(6-4-16)15-23-13-1-2-14-23/h3-6,8-11H,1-2,7,12-15H2,(H,22,24). The SMILES string of the molecule is O=C(CCc1ccc(CN2CCCC2)cc1)Nc1ccc(Br)cc1. The number of hydrogen-bond donors (Lipinski definition) is 1. The molecule has 1 amide bonds. The van der Waals surface area contributed by atoms with Crippen LogP contribution < -0.4 is 5.32 Å². The zero-order valence-electron chi connectivity index (χ0n) is 13.8. The largest absolute Gasteiger partial charge is 0.326 e. The van der Waals surface area contributed by atoms with Crippen LogP contribution >= 0.6 is 15.9 Å². The summed E-state index contributed by atoms with van der Waals surface area (Å²) in [4.78, 5) is 14.5. The van der Waals surface area contributed by atoms with Crippen LogP contribution in [0.25, 0.3) is 0 Å². The summed E-state index contributed by atoms with van der Waals surface area (Å²) in [7, 11) is 0. The lowest BCUT2D eigenvalue weighted by atomic mass is 10.1. The summed E-state index contributed by atoms with van der Waals surface area (Å²) >= 11 is 3.39. The van der Waals surface area contributed by atoms with Crippen molar-refractivity contribution in [3.63, 3.8) is 0 Å². The molecule has 2 aromatic carbocycles. The van der Waals surface area contributed by atoms with E-state index < -0.39 is 0 Å². The van der Waals surface area contributed by atoms with Gasteiger partial charge in [0, 0.05) is 23.1 Å². The Bertz CT molecular complexity index is 661. The Morgan fingerprint density at radius 3 is 2.25 bits per heavy atom. The van der Waals surface area contributed by atoms with Crippen molar-refractivity contribution in [2.75, 3.05) is 18.4 Å². The van der Waals surface area contributed by atoms with E-state index in [0.717, 1.165) is 23.1 Å². The molecule has 24 heavy (non-hydrogen) atoms. The number of halogens is 1. The minimum Gasteiger partial charge on any atom is -0.326 e. The van der Waals surface area contributed by atoms with Crippen molar-refractivity contribution in [3.8, 4) is 0 Å². The van der Waals surface area contributed by atoms with Crippen LogP contribution in [-0.2, 0) is 17.8 Å². The van der Waals surface area contributed by atoms with Crippen molar-refractivity contribution < 1.29 is 4.79 Å². The van der Waals surface area contributed by atoms with Gasteiger partial charge in [0.15, 0.2) is 0 Å². The molecule has 0 aliphatic carbocycles. The number of carbonyl (C=O) groups is 1.